The molecule has 1 atom stereocenters. The Bertz CT molecular complexity index is 627. The van der Waals surface area contributed by atoms with Gasteiger partial charge in [-0.2, -0.15) is 0 Å². The lowest BCUT2D eigenvalue weighted by Crippen LogP contribution is -2.50. The topological polar surface area (TPSA) is 48.9 Å². The van der Waals surface area contributed by atoms with Crippen LogP contribution < -0.4 is 10.6 Å². The van der Waals surface area contributed by atoms with Crippen molar-refractivity contribution in [1.82, 2.24) is 15.5 Å². The molecule has 172 valence electrons. The van der Waals surface area contributed by atoms with Crippen LogP contribution >= 0.6 is 24.0 Å². The summed E-state index contributed by atoms with van der Waals surface area (Å²) >= 11 is 0. The molecular formula is C24H43IN4O. The molecule has 0 aliphatic carbocycles. The number of aliphatic imine (C=N–C) groups is 1. The summed E-state index contributed by atoms with van der Waals surface area (Å²) in [5.74, 6) is 0.903. The van der Waals surface area contributed by atoms with Crippen LogP contribution in [0.2, 0.25) is 0 Å². The van der Waals surface area contributed by atoms with Crippen LogP contribution in [-0.2, 0) is 10.2 Å². The Labute approximate surface area is 201 Å². The first-order valence-electron chi connectivity index (χ1n) is 11.4. The molecule has 0 aromatic heterocycles. The van der Waals surface area contributed by atoms with Crippen LogP contribution in [0.1, 0.15) is 57.6 Å². The molecule has 2 N–H and O–H groups in total. The molecule has 0 saturated carbocycles. The van der Waals surface area contributed by atoms with Crippen molar-refractivity contribution in [2.24, 2.45) is 4.99 Å². The fourth-order valence-electron chi connectivity index (χ4n) is 4.39. The molecule has 1 fully saturated rings. The molecule has 1 aliphatic heterocycles. The summed E-state index contributed by atoms with van der Waals surface area (Å²) in [5.41, 5.74) is 2.91. The Kier molecular flexibility index (Phi) is 12.9. The Morgan fingerprint density at radius 1 is 1.20 bits per heavy atom. The summed E-state index contributed by atoms with van der Waals surface area (Å²) in [6.45, 7) is 14.9. The summed E-state index contributed by atoms with van der Waals surface area (Å²) in [6.07, 6.45) is 4.44. The van der Waals surface area contributed by atoms with E-state index >= 15 is 0 Å². The smallest absolute Gasteiger partial charge is 0.191 e. The minimum Gasteiger partial charge on any atom is -0.381 e. The molecule has 1 aromatic carbocycles. The average molecular weight is 531 g/mol. The number of halogens is 1. The predicted molar refractivity (Wildman–Crippen MR) is 139 cm³/mol. The van der Waals surface area contributed by atoms with Gasteiger partial charge in [0.15, 0.2) is 5.96 Å². The highest BCUT2D eigenvalue weighted by atomic mass is 127. The third kappa shape index (κ3) is 8.00. The normalized spacial score (nSPS) is 17.3. The minimum absolute atomic E-state index is 0. The van der Waals surface area contributed by atoms with Crippen LogP contribution in [0.25, 0.3) is 0 Å². The average Bonchev–Trinajstić information content (AvgIpc) is 2.75. The van der Waals surface area contributed by atoms with E-state index < -0.39 is 0 Å². The monoisotopic (exact) mass is 530 g/mol. The van der Waals surface area contributed by atoms with Crippen LogP contribution in [0, 0.1) is 6.92 Å². The maximum absolute atomic E-state index is 5.69. The molecule has 0 bridgehead atoms. The molecule has 0 radical (unpaired) electrons. The van der Waals surface area contributed by atoms with Gasteiger partial charge < -0.3 is 20.3 Å². The summed E-state index contributed by atoms with van der Waals surface area (Å²) < 4.78 is 5.69. The first-order valence-corrected chi connectivity index (χ1v) is 11.4. The van der Waals surface area contributed by atoms with Gasteiger partial charge >= 0.3 is 0 Å². The fourth-order valence-corrected chi connectivity index (χ4v) is 4.39. The van der Waals surface area contributed by atoms with Gasteiger partial charge in [0.2, 0.25) is 0 Å². The zero-order valence-electron chi connectivity index (χ0n) is 19.7. The molecule has 30 heavy (non-hydrogen) atoms. The van der Waals surface area contributed by atoms with Crippen molar-refractivity contribution in [3.05, 3.63) is 35.4 Å². The van der Waals surface area contributed by atoms with Crippen molar-refractivity contribution in [1.29, 1.82) is 0 Å². The SMILES string of the molecule is CCN(CC)CCCC(C)NC(=NC)NCC1(c2ccccc2C)CCOCC1.I. The number of benzene rings is 1. The molecule has 2 rings (SSSR count). The van der Waals surface area contributed by atoms with Crippen molar-refractivity contribution < 1.29 is 4.74 Å². The third-order valence-corrected chi connectivity index (χ3v) is 6.37. The largest absolute Gasteiger partial charge is 0.381 e. The molecule has 0 amide bonds. The minimum atomic E-state index is 0. The highest BCUT2D eigenvalue weighted by Crippen LogP contribution is 2.36. The van der Waals surface area contributed by atoms with Gasteiger partial charge in [0.1, 0.15) is 0 Å². The highest BCUT2D eigenvalue weighted by Gasteiger charge is 2.35. The number of aryl methyl sites for hydroxylation is 1. The maximum Gasteiger partial charge on any atom is 0.191 e. The van der Waals surface area contributed by atoms with Gasteiger partial charge in [0.25, 0.3) is 0 Å². The van der Waals surface area contributed by atoms with Gasteiger partial charge in [-0.3, -0.25) is 4.99 Å². The molecule has 6 heteroatoms. The van der Waals surface area contributed by atoms with E-state index in [1.165, 1.54) is 24.1 Å². The number of ether oxygens (including phenoxy) is 1. The molecular weight excluding hydrogens is 487 g/mol. The lowest BCUT2D eigenvalue weighted by Gasteiger charge is -2.39. The number of guanidine groups is 1. The summed E-state index contributed by atoms with van der Waals surface area (Å²) in [5, 5.41) is 7.22. The number of nitrogens with zero attached hydrogens (tertiary/aromatic N) is 2. The predicted octanol–water partition coefficient (Wildman–Crippen LogP) is 4.34. The zero-order chi connectivity index (χ0) is 21.1. The van der Waals surface area contributed by atoms with Crippen molar-refractivity contribution in [3.8, 4) is 0 Å². The maximum atomic E-state index is 5.69. The van der Waals surface area contributed by atoms with Crippen molar-refractivity contribution in [2.45, 2.75) is 64.8 Å². The lowest BCUT2D eigenvalue weighted by molar-refractivity contribution is 0.0511. The Hall–Kier alpha value is -0.860. The van der Waals surface area contributed by atoms with E-state index in [9.17, 15) is 0 Å². The number of nitrogens with one attached hydrogen (secondary N) is 2. The van der Waals surface area contributed by atoms with E-state index in [0.29, 0.717) is 6.04 Å². The fraction of sp³-hybridized carbons (Fsp3) is 0.708. The van der Waals surface area contributed by atoms with E-state index in [4.69, 9.17) is 4.74 Å². The van der Waals surface area contributed by atoms with E-state index in [1.54, 1.807) is 0 Å². The van der Waals surface area contributed by atoms with E-state index in [0.717, 1.165) is 58.1 Å². The van der Waals surface area contributed by atoms with E-state index in [-0.39, 0.29) is 29.4 Å². The molecule has 1 saturated heterocycles. The standard InChI is InChI=1S/C24H42N4O.HI/c1-6-28(7-2)16-10-12-21(4)27-23(25-5)26-19-24(14-17-29-18-15-24)22-13-9-8-11-20(22)3;/h8-9,11,13,21H,6-7,10,12,14-19H2,1-5H3,(H2,25,26,27);1H. The van der Waals surface area contributed by atoms with Gasteiger partial charge in [-0.25, -0.2) is 0 Å². The van der Waals surface area contributed by atoms with Crippen LogP contribution in [0.15, 0.2) is 29.3 Å². The molecule has 0 spiro atoms. The molecule has 1 aliphatic rings. The van der Waals surface area contributed by atoms with Gasteiger partial charge in [-0.15, -0.1) is 24.0 Å². The number of hydrogen-bond acceptors (Lipinski definition) is 3. The van der Waals surface area contributed by atoms with Gasteiger partial charge in [0.05, 0.1) is 0 Å². The zero-order valence-corrected chi connectivity index (χ0v) is 22.0. The first kappa shape index (κ1) is 27.2. The van der Waals surface area contributed by atoms with Crippen LogP contribution in [0.4, 0.5) is 0 Å². The van der Waals surface area contributed by atoms with Crippen molar-refractivity contribution >= 4 is 29.9 Å². The Morgan fingerprint density at radius 3 is 2.47 bits per heavy atom. The van der Waals surface area contributed by atoms with E-state index in [2.05, 4.69) is 72.5 Å². The van der Waals surface area contributed by atoms with Crippen molar-refractivity contribution in [3.63, 3.8) is 0 Å². The second-order valence-corrected chi connectivity index (χ2v) is 8.35. The summed E-state index contributed by atoms with van der Waals surface area (Å²) in [7, 11) is 1.86. The summed E-state index contributed by atoms with van der Waals surface area (Å²) in [4.78, 5) is 6.97. The first-order chi connectivity index (χ1) is 14.0. The Morgan fingerprint density at radius 2 is 1.87 bits per heavy atom. The number of hydrogen-bond donors (Lipinski definition) is 2. The molecule has 1 heterocycles. The van der Waals surface area contributed by atoms with Gasteiger partial charge in [-0.05, 0) is 70.3 Å². The molecule has 1 unspecified atom stereocenters. The van der Waals surface area contributed by atoms with Crippen LogP contribution in [-0.4, -0.2) is 63.3 Å². The second-order valence-electron chi connectivity index (χ2n) is 8.35. The lowest BCUT2D eigenvalue weighted by atomic mass is 9.72. The number of rotatable bonds is 10. The Balaban J connectivity index is 0.00000450. The van der Waals surface area contributed by atoms with Gasteiger partial charge in [0, 0.05) is 38.3 Å². The van der Waals surface area contributed by atoms with Crippen molar-refractivity contribution in [2.75, 3.05) is 46.4 Å². The van der Waals surface area contributed by atoms with Gasteiger partial charge in [-0.1, -0.05) is 38.1 Å². The third-order valence-electron chi connectivity index (χ3n) is 6.37. The quantitative estimate of drug-likeness (QED) is 0.269. The molecule has 5 nitrogen and oxygen atoms in total. The second kappa shape index (κ2) is 14.2. The van der Waals surface area contributed by atoms with E-state index in [1.807, 2.05) is 7.05 Å². The summed E-state index contributed by atoms with van der Waals surface area (Å²) in [6, 6.07) is 9.19. The molecule has 1 aromatic rings. The highest BCUT2D eigenvalue weighted by molar-refractivity contribution is 14.0. The van der Waals surface area contributed by atoms with Crippen LogP contribution in [0.5, 0.6) is 0 Å². The van der Waals surface area contributed by atoms with Crippen LogP contribution in [0.3, 0.4) is 0 Å².